The Hall–Kier alpha value is -3.02. The fourth-order valence-electron chi connectivity index (χ4n) is 9.79. The van der Waals surface area contributed by atoms with Crippen molar-refractivity contribution >= 4 is 38.8 Å². The van der Waals surface area contributed by atoms with Crippen molar-refractivity contribution in [3.05, 3.63) is 48.1 Å². The van der Waals surface area contributed by atoms with E-state index in [0.29, 0.717) is 12.0 Å². The fraction of sp³-hybridized carbons (Fsp3) is 0.605. The molecule has 1 aromatic carbocycles. The molecule has 0 bridgehead atoms. The van der Waals surface area contributed by atoms with Gasteiger partial charge in [0, 0.05) is 28.9 Å². The summed E-state index contributed by atoms with van der Waals surface area (Å²) >= 11 is 0. The minimum absolute atomic E-state index is 0.191. The molecule has 3 fully saturated rings. The van der Waals surface area contributed by atoms with Crippen molar-refractivity contribution < 1.29 is 66.0 Å². The number of phosphoric acid groups is 2. The average Bonchev–Trinajstić information content (AvgIpc) is 3.29. The van der Waals surface area contributed by atoms with Crippen molar-refractivity contribution in [1.82, 2.24) is 0 Å². The third-order valence-corrected chi connectivity index (χ3v) is 15.0. The number of halogens is 1. The van der Waals surface area contributed by atoms with E-state index in [2.05, 4.69) is 21.5 Å². The number of carbonyl (C=O) groups excluding carboxylic acids is 3. The molecule has 0 radical (unpaired) electrons. The molecular weight excluding hydrogens is 759 g/mol. The van der Waals surface area contributed by atoms with E-state index in [-0.39, 0.29) is 49.2 Å². The van der Waals surface area contributed by atoms with Gasteiger partial charge in [-0.3, -0.25) is 18.9 Å². The van der Waals surface area contributed by atoms with Crippen LogP contribution in [0.2, 0.25) is 0 Å². The molecule has 5 N–H and O–H groups in total. The highest BCUT2D eigenvalue weighted by molar-refractivity contribution is 7.61. The van der Waals surface area contributed by atoms with Gasteiger partial charge in [0.25, 0.3) is 0 Å². The minimum Gasteiger partial charge on any atom is -0.404 e. The quantitative estimate of drug-likeness (QED) is 0.130. The maximum absolute atomic E-state index is 17.5. The van der Waals surface area contributed by atoms with Crippen LogP contribution in [0.4, 0.5) is 10.1 Å². The number of nitrogens with one attached hydrogen (secondary N) is 1. The van der Waals surface area contributed by atoms with E-state index in [4.69, 9.17) is 13.8 Å². The molecule has 1 aromatic rings. The first-order chi connectivity index (χ1) is 25.7. The van der Waals surface area contributed by atoms with Crippen LogP contribution in [0.3, 0.4) is 0 Å². The normalized spacial score (nSPS) is 36.7. The van der Waals surface area contributed by atoms with Crippen molar-refractivity contribution in [3.63, 3.8) is 0 Å². The highest BCUT2D eigenvalue weighted by Gasteiger charge is 2.75. The second-order valence-corrected chi connectivity index (χ2v) is 18.7. The summed E-state index contributed by atoms with van der Waals surface area (Å²) in [6.07, 6.45) is 7.23. The number of carbonyl (C=O) groups is 3. The van der Waals surface area contributed by atoms with Gasteiger partial charge in [0.2, 0.25) is 5.91 Å². The number of rotatable bonds is 12. The van der Waals surface area contributed by atoms with Gasteiger partial charge in [0.15, 0.2) is 17.2 Å². The number of phosphoric ester groups is 1. The summed E-state index contributed by atoms with van der Waals surface area (Å²) in [6, 6.07) is 5.13. The van der Waals surface area contributed by atoms with E-state index in [1.807, 2.05) is 0 Å². The second-order valence-electron chi connectivity index (χ2n) is 15.8. The molecule has 5 aliphatic carbocycles. The zero-order valence-corrected chi connectivity index (χ0v) is 32.7. The van der Waals surface area contributed by atoms with E-state index in [9.17, 15) is 43.5 Å². The summed E-state index contributed by atoms with van der Waals surface area (Å²) < 4.78 is 63.6. The standard InChI is InChI=1S/C38H48FNO13P2/c1-24-19-31-30-16-11-25-20-27(41)17-18-35(25,2)37(30,39)32(42)21-36(31,3)38(24,45)33(43)22-51-55(49,53-54(46,47)48)52-29-14-12-26(13-15-29)40-34(44)23-50-28-9-7-5-4-6-8-10-28/h12-15,17-18,20,24,28,30-32,42,45H,4-7,9,11,16,19,21-23H2,1-3H3,(H,40,44)(H2,46,47,48)/t24-,28?,30+,31+,32+,35+,36+,37+,38+,55?/m1/s1. The molecular formula is C38H48FNO13P2. The summed E-state index contributed by atoms with van der Waals surface area (Å²) in [4.78, 5) is 57.8. The van der Waals surface area contributed by atoms with Gasteiger partial charge in [-0.1, -0.05) is 37.8 Å². The number of ether oxygens (including phenoxy) is 1. The number of allylic oxidation sites excluding steroid dienone is 4. The molecule has 5 aliphatic rings. The van der Waals surface area contributed by atoms with Crippen molar-refractivity contribution in [1.29, 1.82) is 0 Å². The molecule has 17 heteroatoms. The highest BCUT2D eigenvalue weighted by atomic mass is 31.3. The van der Waals surface area contributed by atoms with Crippen molar-refractivity contribution in [2.75, 3.05) is 18.5 Å². The number of amides is 1. The Morgan fingerprint density at radius 3 is 2.49 bits per heavy atom. The minimum atomic E-state index is -5.56. The van der Waals surface area contributed by atoms with Crippen LogP contribution < -0.4 is 9.84 Å². The van der Waals surface area contributed by atoms with Gasteiger partial charge >= 0.3 is 15.6 Å². The summed E-state index contributed by atoms with van der Waals surface area (Å²) in [6.45, 7) is 3.41. The van der Waals surface area contributed by atoms with Gasteiger partial charge in [0.1, 0.15) is 30.7 Å². The van der Waals surface area contributed by atoms with Crippen molar-refractivity contribution in [3.8, 4) is 17.6 Å². The number of hydrogen-bond acceptors (Lipinski definition) is 11. The van der Waals surface area contributed by atoms with Gasteiger partial charge in [-0.25, -0.2) is 13.5 Å². The monoisotopic (exact) mass is 807 g/mol. The molecule has 10 atom stereocenters. The lowest BCUT2D eigenvalue weighted by atomic mass is 9.44. The maximum atomic E-state index is 17.5. The van der Waals surface area contributed by atoms with Crippen LogP contribution in [0.5, 0.6) is 5.75 Å². The van der Waals surface area contributed by atoms with Crippen molar-refractivity contribution in [2.45, 2.75) is 102 Å². The van der Waals surface area contributed by atoms with Crippen LogP contribution in [0.25, 0.3) is 0 Å². The number of Topliss-reactive ketones (excluding diaryl/α,β-unsaturated/α-hetero) is 1. The topological polar surface area (TPSA) is 215 Å². The summed E-state index contributed by atoms with van der Waals surface area (Å²) in [5.41, 5.74) is -6.29. The molecule has 300 valence electrons. The van der Waals surface area contributed by atoms with Crippen LogP contribution >= 0.6 is 15.6 Å². The zero-order valence-electron chi connectivity index (χ0n) is 30.9. The van der Waals surface area contributed by atoms with Crippen molar-refractivity contribution in [2.24, 2.45) is 28.6 Å². The van der Waals surface area contributed by atoms with E-state index in [1.165, 1.54) is 42.5 Å². The lowest BCUT2D eigenvalue weighted by Gasteiger charge is -2.62. The Labute approximate surface area is 319 Å². The molecule has 0 aromatic heterocycles. The number of fused-ring (bicyclic) bond motifs is 5. The van der Waals surface area contributed by atoms with Crippen LogP contribution in [-0.2, 0) is 37.1 Å². The first-order valence-corrected chi connectivity index (χ1v) is 21.5. The number of benzene rings is 1. The molecule has 0 aliphatic heterocycles. The van der Waals surface area contributed by atoms with E-state index in [1.54, 1.807) is 20.8 Å². The molecule has 6 rings (SSSR count). The predicted molar refractivity (Wildman–Crippen MR) is 196 cm³/mol. The number of anilines is 1. The van der Waals surface area contributed by atoms with Gasteiger partial charge in [-0.15, -0.1) is 5.92 Å². The zero-order chi connectivity index (χ0) is 40.0. The lowest BCUT2D eigenvalue weighted by Crippen LogP contribution is -2.69. The summed E-state index contributed by atoms with van der Waals surface area (Å²) in [5, 5.41) is 26.5. The Morgan fingerprint density at radius 1 is 1.05 bits per heavy atom. The molecule has 0 spiro atoms. The lowest BCUT2D eigenvalue weighted by molar-refractivity contribution is -0.219. The van der Waals surface area contributed by atoms with Crippen LogP contribution in [0.1, 0.15) is 78.6 Å². The first kappa shape index (κ1) is 41.6. The number of ketones is 2. The third-order valence-electron chi connectivity index (χ3n) is 12.5. The number of aliphatic hydroxyl groups excluding tert-OH is 1. The molecule has 55 heavy (non-hydrogen) atoms. The van der Waals surface area contributed by atoms with Gasteiger partial charge in [-0.05, 0) is 100 Å². The van der Waals surface area contributed by atoms with E-state index < -0.39 is 79.9 Å². The SMILES string of the molecule is C[C@@H]1C[C@H]2[C@@H]3CCC4=CC(=O)C=C[C@]4(C)[C@@]3(F)[C@@H](O)C[C@]2(C)[C@@]1(O)C(=O)COP(=O)(Oc1ccc(NC(=O)COC2C#CCCCCC2)cc1)OP(=O)(O)O. The second kappa shape index (κ2) is 15.4. The molecule has 0 heterocycles. The highest BCUT2D eigenvalue weighted by Crippen LogP contribution is 2.71. The smallest absolute Gasteiger partial charge is 0.404 e. The molecule has 3 saturated carbocycles. The largest absolute Gasteiger partial charge is 0.539 e. The van der Waals surface area contributed by atoms with E-state index in [0.717, 1.165) is 32.1 Å². The Balaban J connectivity index is 1.14. The summed E-state index contributed by atoms with van der Waals surface area (Å²) in [5.74, 6) is 1.82. The number of alkyl halides is 1. The fourth-order valence-corrected chi connectivity index (χ4v) is 11.9. The van der Waals surface area contributed by atoms with Crippen LogP contribution in [0.15, 0.2) is 48.1 Å². The van der Waals surface area contributed by atoms with Crippen LogP contribution in [0, 0.1) is 40.4 Å². The molecule has 14 nitrogen and oxygen atoms in total. The number of hydrogen-bond donors (Lipinski definition) is 5. The third kappa shape index (κ3) is 7.83. The Morgan fingerprint density at radius 2 is 1.78 bits per heavy atom. The van der Waals surface area contributed by atoms with E-state index >= 15 is 4.39 Å². The first-order valence-electron chi connectivity index (χ1n) is 18.5. The maximum Gasteiger partial charge on any atom is 0.539 e. The van der Waals surface area contributed by atoms with Gasteiger partial charge < -0.3 is 34.6 Å². The molecule has 2 unspecified atom stereocenters. The van der Waals surface area contributed by atoms with Crippen LogP contribution in [-0.4, -0.2) is 74.2 Å². The van der Waals surface area contributed by atoms with Gasteiger partial charge in [-0.2, -0.15) is 4.31 Å². The summed E-state index contributed by atoms with van der Waals surface area (Å²) in [7, 11) is -10.8. The Kier molecular flexibility index (Phi) is 11.6. The predicted octanol–water partition coefficient (Wildman–Crippen LogP) is 5.51. The Bertz CT molecular complexity index is 1920. The molecule has 1 amide bonds. The number of aliphatic hydroxyl groups is 2. The average molecular weight is 808 g/mol. The molecule has 0 saturated heterocycles. The van der Waals surface area contributed by atoms with Gasteiger partial charge in [0.05, 0.1) is 6.10 Å².